The molecule has 1 saturated heterocycles. The Labute approximate surface area is 190 Å². The monoisotopic (exact) mass is 456 g/mol. The lowest BCUT2D eigenvalue weighted by Gasteiger charge is -2.41. The predicted molar refractivity (Wildman–Crippen MR) is 122 cm³/mol. The number of carboxylic acid groups (broad SMARTS) is 1. The molecule has 0 atom stereocenters. The number of nitrogens with zero attached hydrogens (tertiary/aromatic N) is 3. The molecule has 4 rings (SSSR count). The molecule has 1 aromatic carbocycles. The second-order valence-electron chi connectivity index (χ2n) is 8.00. The Morgan fingerprint density at radius 3 is 2.59 bits per heavy atom. The lowest BCUT2D eigenvalue weighted by molar-refractivity contribution is -0.132. The maximum Gasteiger partial charge on any atom is 0.404 e. The van der Waals surface area contributed by atoms with Crippen molar-refractivity contribution in [2.75, 3.05) is 31.1 Å². The van der Waals surface area contributed by atoms with Crippen molar-refractivity contribution >= 4 is 40.5 Å². The highest BCUT2D eigenvalue weighted by Gasteiger charge is 2.42. The van der Waals surface area contributed by atoms with Gasteiger partial charge in [-0.15, -0.1) is 0 Å². The van der Waals surface area contributed by atoms with Crippen LogP contribution in [0.1, 0.15) is 18.4 Å². The second kappa shape index (κ2) is 9.44. The van der Waals surface area contributed by atoms with Crippen LogP contribution in [-0.2, 0) is 11.2 Å². The summed E-state index contributed by atoms with van der Waals surface area (Å²) in [6.07, 6.45) is 3.90. The van der Waals surface area contributed by atoms with E-state index in [9.17, 15) is 9.59 Å². The number of hydrogen-bond acceptors (Lipinski definition) is 5. The number of aromatic nitrogens is 3. The molecule has 3 heterocycles. The maximum atomic E-state index is 13.2. The molecular formula is C22H25ClN6O3. The van der Waals surface area contributed by atoms with Crippen LogP contribution >= 0.6 is 11.6 Å². The number of halogens is 1. The Kier molecular flexibility index (Phi) is 6.45. The van der Waals surface area contributed by atoms with Gasteiger partial charge < -0.3 is 25.6 Å². The molecular weight excluding hydrogens is 432 g/mol. The molecule has 32 heavy (non-hydrogen) atoms. The highest BCUT2D eigenvalue weighted by molar-refractivity contribution is 6.30. The van der Waals surface area contributed by atoms with Crippen LogP contribution < -0.4 is 15.5 Å². The molecule has 4 N–H and O–H groups in total. The summed E-state index contributed by atoms with van der Waals surface area (Å²) in [4.78, 5) is 38.2. The molecule has 0 bridgehead atoms. The van der Waals surface area contributed by atoms with Gasteiger partial charge in [-0.05, 0) is 43.0 Å². The van der Waals surface area contributed by atoms with Gasteiger partial charge in [-0.1, -0.05) is 23.7 Å². The molecule has 9 nitrogen and oxygen atoms in total. The zero-order chi connectivity index (χ0) is 22.6. The largest absolute Gasteiger partial charge is 0.465 e. The van der Waals surface area contributed by atoms with Crippen molar-refractivity contribution in [1.82, 2.24) is 25.6 Å². The number of carbonyl (C=O) groups excluding carboxylic acids is 1. The molecule has 0 radical (unpaired) electrons. The Balaban J connectivity index is 1.42. The van der Waals surface area contributed by atoms with Crippen LogP contribution in [0.5, 0.6) is 0 Å². The van der Waals surface area contributed by atoms with E-state index in [2.05, 4.69) is 30.5 Å². The normalized spacial score (nSPS) is 15.5. The fourth-order valence-corrected chi connectivity index (χ4v) is 4.27. The number of nitrogens with one attached hydrogen (secondary N) is 3. The van der Waals surface area contributed by atoms with E-state index in [1.807, 2.05) is 36.5 Å². The third-order valence-corrected chi connectivity index (χ3v) is 6.28. The summed E-state index contributed by atoms with van der Waals surface area (Å²) in [5, 5.41) is 16.2. The van der Waals surface area contributed by atoms with Crippen LogP contribution in [0.3, 0.4) is 0 Å². The number of hydrogen-bond donors (Lipinski definition) is 4. The number of fused-ring (bicyclic) bond motifs is 1. The van der Waals surface area contributed by atoms with Gasteiger partial charge >= 0.3 is 6.09 Å². The molecule has 1 aliphatic rings. The smallest absolute Gasteiger partial charge is 0.404 e. The van der Waals surface area contributed by atoms with Crippen molar-refractivity contribution in [3.05, 3.63) is 53.4 Å². The van der Waals surface area contributed by atoms with E-state index in [1.165, 1.54) is 6.33 Å². The Morgan fingerprint density at radius 2 is 1.88 bits per heavy atom. The van der Waals surface area contributed by atoms with Crippen LogP contribution in [0, 0.1) is 5.41 Å². The van der Waals surface area contributed by atoms with Gasteiger partial charge in [0.15, 0.2) is 0 Å². The van der Waals surface area contributed by atoms with E-state index < -0.39 is 11.5 Å². The van der Waals surface area contributed by atoms with Crippen LogP contribution in [-0.4, -0.2) is 58.2 Å². The highest BCUT2D eigenvalue weighted by atomic mass is 35.5. The number of amides is 2. The van der Waals surface area contributed by atoms with Gasteiger partial charge in [-0.25, -0.2) is 14.8 Å². The third kappa shape index (κ3) is 4.77. The highest BCUT2D eigenvalue weighted by Crippen LogP contribution is 2.34. The quantitative estimate of drug-likeness (QED) is 0.433. The minimum Gasteiger partial charge on any atom is -0.465 e. The summed E-state index contributed by atoms with van der Waals surface area (Å²) in [5.41, 5.74) is 1.03. The molecule has 0 saturated carbocycles. The Morgan fingerprint density at radius 1 is 1.12 bits per heavy atom. The molecule has 3 aromatic rings. The number of H-pyrrole nitrogens is 1. The van der Waals surface area contributed by atoms with Gasteiger partial charge in [0, 0.05) is 37.4 Å². The predicted octanol–water partition coefficient (Wildman–Crippen LogP) is 2.82. The molecule has 10 heteroatoms. The molecule has 0 spiro atoms. The molecule has 168 valence electrons. The van der Waals surface area contributed by atoms with Gasteiger partial charge in [0.25, 0.3) is 0 Å². The fraction of sp³-hybridized carbons (Fsp3) is 0.364. The summed E-state index contributed by atoms with van der Waals surface area (Å²) in [5.74, 6) is 0.688. The first-order valence-corrected chi connectivity index (χ1v) is 10.9. The van der Waals surface area contributed by atoms with Gasteiger partial charge in [-0.3, -0.25) is 4.79 Å². The molecule has 0 unspecified atom stereocenters. The van der Waals surface area contributed by atoms with E-state index in [0.717, 1.165) is 22.4 Å². The first-order valence-electron chi connectivity index (χ1n) is 10.5. The average Bonchev–Trinajstić information content (AvgIpc) is 3.28. The first-order chi connectivity index (χ1) is 15.5. The summed E-state index contributed by atoms with van der Waals surface area (Å²) >= 11 is 5.92. The van der Waals surface area contributed by atoms with Gasteiger partial charge in [0.2, 0.25) is 5.91 Å². The summed E-state index contributed by atoms with van der Waals surface area (Å²) in [7, 11) is 0. The van der Waals surface area contributed by atoms with E-state index in [4.69, 9.17) is 16.7 Å². The summed E-state index contributed by atoms with van der Waals surface area (Å²) < 4.78 is 0. The van der Waals surface area contributed by atoms with Crippen molar-refractivity contribution in [1.29, 1.82) is 0 Å². The standard InChI is InChI=1S/C22H25ClN6O3/c23-16-3-1-15(2-4-16)5-9-25-20(30)22(13-26-21(31)32)7-11-29(12-8-22)19-17-6-10-24-18(17)27-14-28-19/h1-4,6,10,14,26H,5,7-9,11-13H2,(H,25,30)(H,31,32)(H,24,27,28). The van der Waals surface area contributed by atoms with E-state index in [1.54, 1.807) is 0 Å². The zero-order valence-corrected chi connectivity index (χ0v) is 18.2. The number of rotatable bonds is 7. The average molecular weight is 457 g/mol. The SMILES string of the molecule is O=C(O)NCC1(C(=O)NCCc2ccc(Cl)cc2)CCN(c2ncnc3[nH]ccc23)CC1. The summed E-state index contributed by atoms with van der Waals surface area (Å²) in [6.45, 7) is 1.72. The minimum atomic E-state index is -1.13. The van der Waals surface area contributed by atoms with Crippen LogP contribution in [0.15, 0.2) is 42.9 Å². The van der Waals surface area contributed by atoms with Gasteiger partial charge in [0.1, 0.15) is 17.8 Å². The zero-order valence-electron chi connectivity index (χ0n) is 17.5. The van der Waals surface area contributed by atoms with Crippen molar-refractivity contribution in [2.24, 2.45) is 5.41 Å². The van der Waals surface area contributed by atoms with Crippen LogP contribution in [0.2, 0.25) is 5.02 Å². The number of aromatic amines is 1. The third-order valence-electron chi connectivity index (χ3n) is 6.03. The van der Waals surface area contributed by atoms with Gasteiger partial charge in [-0.2, -0.15) is 0 Å². The van der Waals surface area contributed by atoms with E-state index >= 15 is 0 Å². The Bertz CT molecular complexity index is 1090. The first kappa shape index (κ1) is 21.9. The van der Waals surface area contributed by atoms with Crippen molar-refractivity contribution < 1.29 is 14.7 Å². The number of piperidine rings is 1. The van der Waals surface area contributed by atoms with Crippen LogP contribution in [0.25, 0.3) is 11.0 Å². The number of carbonyl (C=O) groups is 2. The molecule has 1 fully saturated rings. The number of benzene rings is 1. The fourth-order valence-electron chi connectivity index (χ4n) is 4.15. The lowest BCUT2D eigenvalue weighted by atomic mass is 9.77. The van der Waals surface area contributed by atoms with Gasteiger partial charge in [0.05, 0.1) is 10.8 Å². The summed E-state index contributed by atoms with van der Waals surface area (Å²) in [6, 6.07) is 9.43. The Hall–Kier alpha value is -3.33. The lowest BCUT2D eigenvalue weighted by Crippen LogP contribution is -2.54. The van der Waals surface area contributed by atoms with E-state index in [-0.39, 0.29) is 12.5 Å². The molecule has 2 amide bonds. The number of anilines is 1. The minimum absolute atomic E-state index is 0.0757. The maximum absolute atomic E-state index is 13.2. The van der Waals surface area contributed by atoms with E-state index in [0.29, 0.717) is 43.9 Å². The van der Waals surface area contributed by atoms with Crippen molar-refractivity contribution in [3.63, 3.8) is 0 Å². The molecule has 0 aliphatic carbocycles. The molecule has 2 aromatic heterocycles. The topological polar surface area (TPSA) is 123 Å². The van der Waals surface area contributed by atoms with Crippen LogP contribution in [0.4, 0.5) is 10.6 Å². The second-order valence-corrected chi connectivity index (χ2v) is 8.43. The van der Waals surface area contributed by atoms with Crippen molar-refractivity contribution in [3.8, 4) is 0 Å². The molecule has 1 aliphatic heterocycles. The van der Waals surface area contributed by atoms with Crippen molar-refractivity contribution in [2.45, 2.75) is 19.3 Å².